The van der Waals surface area contributed by atoms with Crippen molar-refractivity contribution in [1.29, 1.82) is 0 Å². The van der Waals surface area contributed by atoms with Crippen molar-refractivity contribution < 1.29 is 42.2 Å². The lowest BCUT2D eigenvalue weighted by molar-refractivity contribution is 0.0541. The third-order valence-corrected chi connectivity index (χ3v) is 16.4. The van der Waals surface area contributed by atoms with Crippen LogP contribution in [0.25, 0.3) is 72.1 Å². The van der Waals surface area contributed by atoms with Crippen molar-refractivity contribution in [3.05, 3.63) is 230 Å². The summed E-state index contributed by atoms with van der Waals surface area (Å²) in [6, 6.07) is 32.5. The Labute approximate surface area is 532 Å². The predicted octanol–water partition coefficient (Wildman–Crippen LogP) is 15.2. The third-order valence-electron chi connectivity index (χ3n) is 15.6. The van der Waals surface area contributed by atoms with Gasteiger partial charge in [-0.25, -0.2) is 14.4 Å². The summed E-state index contributed by atoms with van der Waals surface area (Å²) in [5.41, 5.74) is 18.5. The van der Waals surface area contributed by atoms with Gasteiger partial charge in [-0.1, -0.05) is 57.9 Å². The number of ether oxygens (including phenoxy) is 3. The van der Waals surface area contributed by atoms with Gasteiger partial charge in [-0.3, -0.25) is 29.5 Å². The summed E-state index contributed by atoms with van der Waals surface area (Å²) in [5, 5.41) is 12.2. The number of benzene rings is 2. The molecule has 0 atom stereocenters. The smallest absolute Gasteiger partial charge is 0.419 e. The second-order valence-electron chi connectivity index (χ2n) is 22.7. The molecular formula is C70H63IN10O9. The molecule has 2 aromatic carbocycles. The standard InChI is InChI=1S/C25H25N3O5.C24H20IN5O.C21H18N2O3/c1-14-21(15(2)33-27-14)18-11-20-22(26-12-18)19(13-28(20)24(30)32-25(3,4)5)16-7-9-17(10-8-16)23(29)31-6;1-15-22(16(2)31-29-15)17-12-19-23(28-13-17)18(25)14-30(19)24(3,20-8-4-6-10-26-20)21-9-5-7-11-27-21;1-12-19(13(2)26-23-12)17-10-16-8-9-18(20(16)22-11-17)14-4-6-15(7-5-14)21(24)25-3/h7-13H,1-6H3;4-14H,1-3H3;4-7,9-11H,8H2,1-3H3. The first kappa shape index (κ1) is 61.4. The average Bonchev–Trinajstić information content (AvgIpc) is 1.81. The van der Waals surface area contributed by atoms with Gasteiger partial charge >= 0.3 is 18.0 Å². The van der Waals surface area contributed by atoms with Gasteiger partial charge in [-0.15, -0.1) is 0 Å². The Balaban J connectivity index is 0.000000140. The highest BCUT2D eigenvalue weighted by Gasteiger charge is 2.36. The van der Waals surface area contributed by atoms with E-state index in [1.54, 1.807) is 48.8 Å². The van der Waals surface area contributed by atoms with Crippen LogP contribution in [-0.4, -0.2) is 87.4 Å². The van der Waals surface area contributed by atoms with Crippen molar-refractivity contribution in [2.75, 3.05) is 14.2 Å². The zero-order valence-electron chi connectivity index (χ0n) is 51.7. The predicted molar refractivity (Wildman–Crippen MR) is 349 cm³/mol. The molecule has 0 N–H and O–H groups in total. The fraction of sp³-hybridized carbons (Fsp3) is 0.214. The molecule has 0 aliphatic heterocycles. The van der Waals surface area contributed by atoms with Crippen LogP contribution in [0.5, 0.6) is 0 Å². The highest BCUT2D eigenvalue weighted by Crippen LogP contribution is 2.40. The van der Waals surface area contributed by atoms with Gasteiger partial charge in [-0.2, -0.15) is 0 Å². The molecule has 12 aromatic rings. The van der Waals surface area contributed by atoms with Crippen LogP contribution in [0.15, 0.2) is 166 Å². The number of fused-ring (bicyclic) bond motifs is 3. The average molecular weight is 1320 g/mol. The maximum atomic E-state index is 13.1. The summed E-state index contributed by atoms with van der Waals surface area (Å²) in [5.74, 6) is 1.50. The number of carbonyl (C=O) groups is 3. The Bertz CT molecular complexity index is 4610. The number of allylic oxidation sites excluding steroid dienone is 1. The Hall–Kier alpha value is -10.2. The maximum Gasteiger partial charge on any atom is 0.419 e. The number of hydrogen-bond donors (Lipinski definition) is 0. The maximum absolute atomic E-state index is 13.1. The molecule has 20 heteroatoms. The molecule has 10 aromatic heterocycles. The molecule has 0 saturated carbocycles. The first-order valence-corrected chi connectivity index (χ1v) is 29.9. The van der Waals surface area contributed by atoms with Crippen LogP contribution in [0.1, 0.15) is 111 Å². The number of nitrogens with zero attached hydrogens (tertiary/aromatic N) is 10. The molecule has 1 aliphatic carbocycles. The largest absolute Gasteiger partial charge is 0.465 e. The van der Waals surface area contributed by atoms with E-state index in [0.29, 0.717) is 27.9 Å². The Morgan fingerprint density at radius 2 is 1.02 bits per heavy atom. The Morgan fingerprint density at radius 1 is 0.544 bits per heavy atom. The lowest BCUT2D eigenvalue weighted by Gasteiger charge is -2.31. The van der Waals surface area contributed by atoms with Crippen LogP contribution >= 0.6 is 22.6 Å². The molecule has 0 amide bonds. The van der Waals surface area contributed by atoms with Crippen molar-refractivity contribution in [2.45, 2.75) is 86.8 Å². The zero-order chi connectivity index (χ0) is 63.8. The number of esters is 2. The van der Waals surface area contributed by atoms with E-state index in [1.165, 1.54) is 24.4 Å². The Morgan fingerprint density at radius 3 is 1.49 bits per heavy atom. The van der Waals surface area contributed by atoms with E-state index >= 15 is 0 Å². The highest BCUT2D eigenvalue weighted by molar-refractivity contribution is 14.1. The molecular weight excluding hydrogens is 1250 g/mol. The van der Waals surface area contributed by atoms with Crippen LogP contribution in [0, 0.1) is 45.1 Å². The van der Waals surface area contributed by atoms with Crippen molar-refractivity contribution in [2.24, 2.45) is 0 Å². The summed E-state index contributed by atoms with van der Waals surface area (Å²) in [4.78, 5) is 60.0. The number of methoxy groups -OCH3 is 2. The van der Waals surface area contributed by atoms with Crippen molar-refractivity contribution >= 4 is 68.3 Å². The number of aryl methyl sites for hydroxylation is 6. The molecule has 0 bridgehead atoms. The molecule has 454 valence electrons. The number of hydrogen-bond acceptors (Lipinski definition) is 17. The molecule has 0 fully saturated rings. The molecule has 0 saturated heterocycles. The topological polar surface area (TPSA) is 231 Å². The molecule has 1 aliphatic rings. The molecule has 0 spiro atoms. The summed E-state index contributed by atoms with van der Waals surface area (Å²) in [6.07, 6.45) is 15.4. The van der Waals surface area contributed by atoms with Crippen LogP contribution in [0.4, 0.5) is 4.79 Å². The Kier molecular flexibility index (Phi) is 17.1. The number of aromatic nitrogens is 10. The van der Waals surface area contributed by atoms with E-state index in [9.17, 15) is 14.4 Å². The van der Waals surface area contributed by atoms with Crippen molar-refractivity contribution in [1.82, 2.24) is 49.5 Å². The summed E-state index contributed by atoms with van der Waals surface area (Å²) >= 11 is 2.34. The number of rotatable bonds is 10. The molecule has 0 unspecified atom stereocenters. The van der Waals surface area contributed by atoms with E-state index in [1.807, 2.05) is 142 Å². The van der Waals surface area contributed by atoms with Crippen LogP contribution in [-0.2, 0) is 26.2 Å². The van der Waals surface area contributed by atoms with E-state index in [2.05, 4.69) is 78.9 Å². The first-order valence-electron chi connectivity index (χ1n) is 28.8. The van der Waals surface area contributed by atoms with E-state index in [4.69, 9.17) is 47.7 Å². The summed E-state index contributed by atoms with van der Waals surface area (Å²) in [6.45, 7) is 19.0. The van der Waals surface area contributed by atoms with Gasteiger partial charge in [0.2, 0.25) is 0 Å². The lowest BCUT2D eigenvalue weighted by Crippen LogP contribution is -2.34. The zero-order valence-corrected chi connectivity index (χ0v) is 53.8. The SMILES string of the molecule is COC(=O)c1ccc(-c2cn(C(=O)OC(C)(C)C)c3cc(-c4c(C)noc4C)cnc23)cc1.COC(=O)c1ccc(C2=CCc3cc(-c4c(C)noc4C)cnc32)cc1.Cc1noc(C)c1-c1cnc2c(I)cn(C(C)(c3ccccn3)c3ccccn3)c2c1. The van der Waals surface area contributed by atoms with Crippen molar-refractivity contribution in [3.63, 3.8) is 0 Å². The van der Waals surface area contributed by atoms with Gasteiger partial charge in [0.25, 0.3) is 0 Å². The van der Waals surface area contributed by atoms with Crippen LogP contribution < -0.4 is 0 Å². The molecule has 0 radical (unpaired) electrons. The number of halogens is 1. The summed E-state index contributed by atoms with van der Waals surface area (Å²) in [7, 11) is 2.72. The first-order chi connectivity index (χ1) is 43.2. The fourth-order valence-corrected chi connectivity index (χ4v) is 12.0. The van der Waals surface area contributed by atoms with Crippen LogP contribution in [0.2, 0.25) is 0 Å². The van der Waals surface area contributed by atoms with E-state index < -0.39 is 23.2 Å². The summed E-state index contributed by atoms with van der Waals surface area (Å²) < 4.78 is 35.9. The van der Waals surface area contributed by atoms with Gasteiger partial charge in [0, 0.05) is 87.9 Å². The third kappa shape index (κ3) is 12.0. The fourth-order valence-electron chi connectivity index (χ4n) is 11.3. The minimum atomic E-state index is -0.664. The quantitative estimate of drug-likeness (QED) is 0.0703. The second kappa shape index (κ2) is 25.1. The minimum Gasteiger partial charge on any atom is -0.465 e. The number of carbonyl (C=O) groups excluding carboxylic acids is 3. The second-order valence-corrected chi connectivity index (χ2v) is 23.9. The van der Waals surface area contributed by atoms with Gasteiger partial charge < -0.3 is 32.3 Å². The normalized spacial score (nSPS) is 12.0. The molecule has 13 rings (SSSR count). The van der Waals surface area contributed by atoms with Crippen molar-refractivity contribution in [3.8, 4) is 44.5 Å². The molecule has 10 heterocycles. The van der Waals surface area contributed by atoms with E-state index in [0.717, 1.165) is 122 Å². The van der Waals surface area contributed by atoms with Gasteiger partial charge in [0.15, 0.2) is 0 Å². The van der Waals surface area contributed by atoms with Gasteiger partial charge in [0.05, 0.1) is 79.6 Å². The van der Waals surface area contributed by atoms with Gasteiger partial charge in [-0.05, 0) is 182 Å². The minimum absolute atomic E-state index is 0.334. The van der Waals surface area contributed by atoms with Gasteiger partial charge in [0.1, 0.15) is 33.9 Å². The molecule has 19 nitrogen and oxygen atoms in total. The molecule has 90 heavy (non-hydrogen) atoms. The van der Waals surface area contributed by atoms with E-state index in [-0.39, 0.29) is 5.97 Å². The van der Waals surface area contributed by atoms with Crippen LogP contribution in [0.3, 0.4) is 0 Å². The highest BCUT2D eigenvalue weighted by atomic mass is 127. The lowest BCUT2D eigenvalue weighted by atomic mass is 9.91. The monoisotopic (exact) mass is 1310 g/mol. The number of pyridine rings is 5.